The van der Waals surface area contributed by atoms with Crippen LogP contribution < -0.4 is 5.32 Å². The lowest BCUT2D eigenvalue weighted by Crippen LogP contribution is -2.67. The van der Waals surface area contributed by atoms with Gasteiger partial charge in [-0.05, 0) is 47.5 Å². The molecule has 0 aromatic heterocycles. The van der Waals surface area contributed by atoms with E-state index in [0.29, 0.717) is 0 Å². The number of unbranched alkanes of at least 4 members (excludes halogenated alkanes) is 5. The van der Waals surface area contributed by atoms with Crippen molar-refractivity contribution in [2.45, 2.75) is 135 Å². The molecule has 2 heterocycles. The first-order valence-electron chi connectivity index (χ1n) is 11.3. The lowest BCUT2D eigenvalue weighted by Gasteiger charge is -2.53. The topological polar surface area (TPSA) is 41.6 Å². The number of nitrogens with one attached hydrogen (secondary N) is 1. The predicted molar refractivity (Wildman–Crippen MR) is 113 cm³/mol. The van der Waals surface area contributed by atoms with Crippen LogP contribution in [0, 0.1) is 0 Å². The highest BCUT2D eigenvalue weighted by Crippen LogP contribution is 2.49. The fraction of sp³-hybridized carbons (Fsp3) is 0.957. The predicted octanol–water partition coefficient (Wildman–Crippen LogP) is 5.40. The second kappa shape index (κ2) is 8.41. The average molecular weight is 381 g/mol. The molecule has 0 bridgehead atoms. The molecular formula is C23H44N2O2. The molecule has 1 spiro atoms. The van der Waals surface area contributed by atoms with Crippen molar-refractivity contribution in [3.05, 3.63) is 0 Å². The molecule has 0 radical (unpaired) electrons. The molecule has 4 heteroatoms. The van der Waals surface area contributed by atoms with Crippen LogP contribution in [0.25, 0.3) is 0 Å². The number of nitrogens with zero attached hydrogens (tertiary/aromatic N) is 1. The van der Waals surface area contributed by atoms with Crippen LogP contribution in [0.2, 0.25) is 0 Å². The lowest BCUT2D eigenvalue weighted by atomic mass is 9.76. The number of hydrogen-bond donors (Lipinski definition) is 1. The third-order valence-electron chi connectivity index (χ3n) is 6.21. The van der Waals surface area contributed by atoms with Gasteiger partial charge in [0, 0.05) is 30.5 Å². The molecular weight excluding hydrogens is 336 g/mol. The smallest absolute Gasteiger partial charge is 0.256 e. The van der Waals surface area contributed by atoms with Gasteiger partial charge in [0.2, 0.25) is 0 Å². The zero-order valence-corrected chi connectivity index (χ0v) is 19.0. The molecule has 2 fully saturated rings. The first-order valence-corrected chi connectivity index (χ1v) is 11.3. The van der Waals surface area contributed by atoms with Gasteiger partial charge in [-0.2, -0.15) is 0 Å². The summed E-state index contributed by atoms with van der Waals surface area (Å²) in [4.78, 5) is 15.7. The summed E-state index contributed by atoms with van der Waals surface area (Å²) in [5.41, 5.74) is -1.25. The van der Waals surface area contributed by atoms with Gasteiger partial charge in [-0.3, -0.25) is 4.79 Å². The Kier molecular flexibility index (Phi) is 7.06. The molecule has 2 aliphatic rings. The van der Waals surface area contributed by atoms with Gasteiger partial charge < -0.3 is 15.0 Å². The van der Waals surface area contributed by atoms with E-state index in [9.17, 15) is 4.79 Å². The van der Waals surface area contributed by atoms with Crippen LogP contribution >= 0.6 is 0 Å². The normalized spacial score (nSPS) is 28.9. The van der Waals surface area contributed by atoms with Crippen molar-refractivity contribution in [3.8, 4) is 0 Å². The average Bonchev–Trinajstić information content (AvgIpc) is 2.68. The Labute approximate surface area is 167 Å². The number of piperidine rings is 1. The molecule has 2 rings (SSSR count). The van der Waals surface area contributed by atoms with E-state index in [-0.39, 0.29) is 17.0 Å². The molecule has 27 heavy (non-hydrogen) atoms. The maximum absolute atomic E-state index is 13.6. The van der Waals surface area contributed by atoms with Crippen LogP contribution in [0.3, 0.4) is 0 Å². The minimum atomic E-state index is -0.663. The molecule has 0 aromatic carbocycles. The van der Waals surface area contributed by atoms with Gasteiger partial charge in [-0.25, -0.2) is 0 Å². The third kappa shape index (κ3) is 5.26. The highest BCUT2D eigenvalue weighted by molar-refractivity contribution is 5.87. The van der Waals surface area contributed by atoms with Crippen molar-refractivity contribution >= 4 is 5.91 Å². The van der Waals surface area contributed by atoms with Crippen LogP contribution in [0.15, 0.2) is 0 Å². The number of amides is 1. The minimum absolute atomic E-state index is 0.0572. The van der Waals surface area contributed by atoms with Crippen molar-refractivity contribution in [2.24, 2.45) is 0 Å². The highest BCUT2D eigenvalue weighted by atomic mass is 16.6. The standard InChI is InChI=1S/C23H44N2O2/c1-8-10-12-14-16-25-19(26)22(7,15-13-11-9-2)27-23(25)17-20(3,4)24-21(5,6)18-23/h24H,8-18H2,1-7H3. The molecule has 0 saturated carbocycles. The van der Waals surface area contributed by atoms with Crippen LogP contribution in [0.1, 0.15) is 113 Å². The number of carbonyl (C=O) groups is 1. The summed E-state index contributed by atoms with van der Waals surface area (Å²) in [6, 6.07) is 0. The Morgan fingerprint density at radius 3 is 2.00 bits per heavy atom. The monoisotopic (exact) mass is 380 g/mol. The SMILES string of the molecule is CCCCCCN1C(=O)C(C)(CCCCC)OC12CC(C)(C)NC(C)(C)C2. The largest absolute Gasteiger partial charge is 0.339 e. The van der Waals surface area contributed by atoms with Crippen molar-refractivity contribution in [2.75, 3.05) is 6.54 Å². The van der Waals surface area contributed by atoms with Crippen molar-refractivity contribution in [1.29, 1.82) is 0 Å². The zero-order chi connectivity index (χ0) is 20.3. The Balaban J connectivity index is 2.28. The van der Waals surface area contributed by atoms with Crippen molar-refractivity contribution in [1.82, 2.24) is 10.2 Å². The Hall–Kier alpha value is -0.610. The number of hydrogen-bond acceptors (Lipinski definition) is 3. The van der Waals surface area contributed by atoms with Crippen LogP contribution in [-0.4, -0.2) is 39.8 Å². The summed E-state index contributed by atoms with van der Waals surface area (Å²) in [6.07, 6.45) is 10.6. The molecule has 1 N–H and O–H groups in total. The van der Waals surface area contributed by atoms with Gasteiger partial charge >= 0.3 is 0 Å². The molecule has 0 aliphatic carbocycles. The van der Waals surface area contributed by atoms with E-state index in [0.717, 1.165) is 45.1 Å². The van der Waals surface area contributed by atoms with E-state index in [2.05, 4.69) is 51.8 Å². The summed E-state index contributed by atoms with van der Waals surface area (Å²) in [5, 5.41) is 3.76. The third-order valence-corrected chi connectivity index (χ3v) is 6.21. The van der Waals surface area contributed by atoms with E-state index in [4.69, 9.17) is 4.74 Å². The van der Waals surface area contributed by atoms with Crippen LogP contribution in [0.4, 0.5) is 0 Å². The molecule has 1 amide bonds. The van der Waals surface area contributed by atoms with Gasteiger partial charge in [0.15, 0.2) is 0 Å². The highest BCUT2D eigenvalue weighted by Gasteiger charge is 2.62. The van der Waals surface area contributed by atoms with Gasteiger partial charge in [0.05, 0.1) is 0 Å². The summed E-state index contributed by atoms with van der Waals surface area (Å²) in [6.45, 7) is 16.3. The Morgan fingerprint density at radius 1 is 0.889 bits per heavy atom. The van der Waals surface area contributed by atoms with Gasteiger partial charge in [-0.1, -0.05) is 52.4 Å². The second-order valence-electron chi connectivity index (χ2n) is 10.5. The first kappa shape index (κ1) is 22.7. The first-order chi connectivity index (χ1) is 12.5. The zero-order valence-electron chi connectivity index (χ0n) is 19.0. The quantitative estimate of drug-likeness (QED) is 0.544. The van der Waals surface area contributed by atoms with Crippen molar-refractivity contribution < 1.29 is 9.53 Å². The molecule has 158 valence electrons. The summed E-state index contributed by atoms with van der Waals surface area (Å²) in [7, 11) is 0. The summed E-state index contributed by atoms with van der Waals surface area (Å²) >= 11 is 0. The molecule has 1 atom stereocenters. The van der Waals surface area contributed by atoms with Gasteiger partial charge in [0.25, 0.3) is 5.91 Å². The fourth-order valence-corrected chi connectivity index (χ4v) is 5.57. The summed E-state index contributed by atoms with van der Waals surface area (Å²) < 4.78 is 6.81. The Bertz CT molecular complexity index is 499. The molecule has 2 aliphatic heterocycles. The molecule has 1 unspecified atom stereocenters. The van der Waals surface area contributed by atoms with Crippen LogP contribution in [0.5, 0.6) is 0 Å². The number of rotatable bonds is 9. The number of ether oxygens (including phenoxy) is 1. The van der Waals surface area contributed by atoms with E-state index in [1.165, 1.54) is 25.7 Å². The summed E-state index contributed by atoms with van der Waals surface area (Å²) in [5.74, 6) is 0.226. The fourth-order valence-electron chi connectivity index (χ4n) is 5.57. The van der Waals surface area contributed by atoms with E-state index < -0.39 is 11.3 Å². The lowest BCUT2D eigenvalue weighted by molar-refractivity contribution is -0.182. The van der Waals surface area contributed by atoms with Gasteiger partial charge in [0.1, 0.15) is 11.3 Å². The molecule has 2 saturated heterocycles. The van der Waals surface area contributed by atoms with Crippen LogP contribution in [-0.2, 0) is 9.53 Å². The Morgan fingerprint density at radius 2 is 1.44 bits per heavy atom. The maximum atomic E-state index is 13.6. The number of carbonyl (C=O) groups excluding carboxylic acids is 1. The minimum Gasteiger partial charge on any atom is -0.339 e. The van der Waals surface area contributed by atoms with Crippen molar-refractivity contribution in [3.63, 3.8) is 0 Å². The molecule has 0 aromatic rings. The van der Waals surface area contributed by atoms with E-state index in [1.54, 1.807) is 0 Å². The van der Waals surface area contributed by atoms with Gasteiger partial charge in [-0.15, -0.1) is 0 Å². The maximum Gasteiger partial charge on any atom is 0.256 e. The second-order valence-corrected chi connectivity index (χ2v) is 10.5. The molecule has 4 nitrogen and oxygen atoms in total. The van der Waals surface area contributed by atoms with E-state index in [1.807, 2.05) is 6.92 Å². The van der Waals surface area contributed by atoms with E-state index >= 15 is 0 Å².